The number of carbonyl (C=O) groups is 2. The van der Waals surface area contributed by atoms with Gasteiger partial charge in [0.25, 0.3) is 11.7 Å². The Morgan fingerprint density at radius 1 is 0.964 bits per heavy atom. The van der Waals surface area contributed by atoms with Crippen LogP contribution in [0.2, 0.25) is 0 Å². The molecule has 28 heavy (non-hydrogen) atoms. The van der Waals surface area contributed by atoms with Crippen molar-refractivity contribution in [1.29, 1.82) is 0 Å². The molecule has 2 aromatic heterocycles. The van der Waals surface area contributed by atoms with Crippen LogP contribution in [0.15, 0.2) is 72.9 Å². The zero-order chi connectivity index (χ0) is 19.7. The van der Waals surface area contributed by atoms with Gasteiger partial charge in [-0.15, -0.1) is 0 Å². The second kappa shape index (κ2) is 7.12. The van der Waals surface area contributed by atoms with E-state index in [1.165, 1.54) is 0 Å². The number of benzene rings is 2. The average molecular weight is 369 g/mol. The maximum Gasteiger partial charge on any atom is 0.298 e. The molecule has 0 saturated carbocycles. The van der Waals surface area contributed by atoms with E-state index in [1.54, 1.807) is 36.0 Å². The first-order valence-corrected chi connectivity index (χ1v) is 8.97. The van der Waals surface area contributed by atoms with Gasteiger partial charge < -0.3 is 9.88 Å². The molecule has 0 spiro atoms. The Labute approximate surface area is 162 Å². The molecular formula is C23H19N3O2. The van der Waals surface area contributed by atoms with Crippen molar-refractivity contribution >= 4 is 28.3 Å². The second-order valence-electron chi connectivity index (χ2n) is 6.63. The van der Waals surface area contributed by atoms with Crippen molar-refractivity contribution < 1.29 is 9.59 Å². The molecule has 138 valence electrons. The summed E-state index contributed by atoms with van der Waals surface area (Å²) in [6.45, 7) is 1.91. The minimum atomic E-state index is -0.672. The molecular weight excluding hydrogens is 350 g/mol. The second-order valence-corrected chi connectivity index (χ2v) is 6.63. The molecule has 0 radical (unpaired) electrons. The molecule has 5 nitrogen and oxygen atoms in total. The summed E-state index contributed by atoms with van der Waals surface area (Å²) in [5, 5.41) is 3.55. The quantitative estimate of drug-likeness (QED) is 0.429. The van der Waals surface area contributed by atoms with Crippen LogP contribution in [-0.2, 0) is 11.8 Å². The summed E-state index contributed by atoms with van der Waals surface area (Å²) in [6, 6.07) is 20.6. The Morgan fingerprint density at radius 3 is 2.54 bits per heavy atom. The summed E-state index contributed by atoms with van der Waals surface area (Å²) in [5.74, 6) is -1.25. The molecule has 0 aliphatic heterocycles. The molecule has 0 bridgehead atoms. The lowest BCUT2D eigenvalue weighted by molar-refractivity contribution is -0.112. The number of rotatable bonds is 4. The molecule has 4 rings (SSSR count). The predicted molar refractivity (Wildman–Crippen MR) is 110 cm³/mol. The molecule has 4 aromatic rings. The number of ketones is 1. The number of hydrogen-bond acceptors (Lipinski definition) is 3. The summed E-state index contributed by atoms with van der Waals surface area (Å²) in [4.78, 5) is 30.2. The molecule has 2 aromatic carbocycles. The van der Waals surface area contributed by atoms with Crippen molar-refractivity contribution in [1.82, 2.24) is 9.55 Å². The highest BCUT2D eigenvalue weighted by Crippen LogP contribution is 2.28. The average Bonchev–Trinajstić information content (AvgIpc) is 3.03. The largest absolute Gasteiger partial charge is 0.345 e. The van der Waals surface area contributed by atoms with Gasteiger partial charge in [0.15, 0.2) is 0 Å². The SMILES string of the molecule is Cc1cc(-c2ccccc2)c(C(=O)C(=O)Nc2cccc3ncccc23)n1C. The van der Waals surface area contributed by atoms with Crippen LogP contribution in [0, 0.1) is 6.92 Å². The fraction of sp³-hybridized carbons (Fsp3) is 0.0870. The molecule has 2 heterocycles. The van der Waals surface area contributed by atoms with E-state index in [9.17, 15) is 9.59 Å². The van der Waals surface area contributed by atoms with Crippen molar-refractivity contribution in [2.75, 3.05) is 5.32 Å². The van der Waals surface area contributed by atoms with Gasteiger partial charge in [-0.25, -0.2) is 0 Å². The summed E-state index contributed by atoms with van der Waals surface area (Å²) in [7, 11) is 1.80. The molecule has 0 saturated heterocycles. The third-order valence-electron chi connectivity index (χ3n) is 4.87. The number of aryl methyl sites for hydroxylation is 1. The summed E-state index contributed by atoms with van der Waals surface area (Å²) in [6.07, 6.45) is 1.69. The highest BCUT2D eigenvalue weighted by Gasteiger charge is 2.25. The van der Waals surface area contributed by atoms with E-state index in [1.807, 2.05) is 55.5 Å². The van der Waals surface area contributed by atoms with Crippen molar-refractivity contribution in [3.05, 3.63) is 84.3 Å². The number of nitrogens with zero attached hydrogens (tertiary/aromatic N) is 2. The normalized spacial score (nSPS) is 10.8. The van der Waals surface area contributed by atoms with E-state index < -0.39 is 11.7 Å². The minimum Gasteiger partial charge on any atom is -0.345 e. The molecule has 0 aliphatic carbocycles. The number of Topliss-reactive ketones (excluding diaryl/α,β-unsaturated/α-hetero) is 1. The van der Waals surface area contributed by atoms with Crippen LogP contribution in [0.25, 0.3) is 22.0 Å². The number of amides is 1. The van der Waals surface area contributed by atoms with Gasteiger partial charge in [0, 0.05) is 29.9 Å². The number of anilines is 1. The minimum absolute atomic E-state index is 0.375. The lowest BCUT2D eigenvalue weighted by atomic mass is 10.0. The summed E-state index contributed by atoms with van der Waals surface area (Å²) < 4.78 is 1.76. The van der Waals surface area contributed by atoms with Crippen molar-refractivity contribution in [3.8, 4) is 11.1 Å². The van der Waals surface area contributed by atoms with Crippen LogP contribution < -0.4 is 5.32 Å². The number of carbonyl (C=O) groups excluding carboxylic acids is 2. The maximum absolute atomic E-state index is 13.1. The van der Waals surface area contributed by atoms with Crippen LogP contribution in [0.3, 0.4) is 0 Å². The van der Waals surface area contributed by atoms with E-state index in [2.05, 4.69) is 10.3 Å². The first kappa shape index (κ1) is 17.7. The molecule has 0 unspecified atom stereocenters. The lowest BCUT2D eigenvalue weighted by Crippen LogP contribution is -2.25. The van der Waals surface area contributed by atoms with Crippen LogP contribution in [0.5, 0.6) is 0 Å². The highest BCUT2D eigenvalue weighted by atomic mass is 16.2. The van der Waals surface area contributed by atoms with E-state index in [0.717, 1.165) is 27.7 Å². The van der Waals surface area contributed by atoms with Gasteiger partial charge in [-0.3, -0.25) is 14.6 Å². The van der Waals surface area contributed by atoms with E-state index in [-0.39, 0.29) is 0 Å². The zero-order valence-electron chi connectivity index (χ0n) is 15.6. The number of fused-ring (bicyclic) bond motifs is 1. The molecule has 0 fully saturated rings. The Hall–Kier alpha value is -3.73. The van der Waals surface area contributed by atoms with Gasteiger partial charge in [0.1, 0.15) is 5.69 Å². The fourth-order valence-electron chi connectivity index (χ4n) is 3.34. The van der Waals surface area contributed by atoms with Crippen molar-refractivity contribution in [2.24, 2.45) is 7.05 Å². The van der Waals surface area contributed by atoms with Crippen LogP contribution in [0.1, 0.15) is 16.2 Å². The molecule has 1 amide bonds. The van der Waals surface area contributed by atoms with Crippen LogP contribution in [0.4, 0.5) is 5.69 Å². The highest BCUT2D eigenvalue weighted by molar-refractivity contribution is 6.47. The van der Waals surface area contributed by atoms with Crippen molar-refractivity contribution in [2.45, 2.75) is 6.92 Å². The molecule has 0 aliphatic rings. The predicted octanol–water partition coefficient (Wildman–Crippen LogP) is 4.37. The van der Waals surface area contributed by atoms with Gasteiger partial charge in [-0.05, 0) is 42.8 Å². The summed E-state index contributed by atoms with van der Waals surface area (Å²) >= 11 is 0. The molecule has 1 N–H and O–H groups in total. The van der Waals surface area contributed by atoms with Gasteiger partial charge >= 0.3 is 0 Å². The number of hydrogen-bond donors (Lipinski definition) is 1. The first-order valence-electron chi connectivity index (χ1n) is 8.97. The topological polar surface area (TPSA) is 64.0 Å². The Balaban J connectivity index is 1.71. The Morgan fingerprint density at radius 2 is 1.75 bits per heavy atom. The smallest absolute Gasteiger partial charge is 0.298 e. The monoisotopic (exact) mass is 369 g/mol. The van der Waals surface area contributed by atoms with Crippen molar-refractivity contribution in [3.63, 3.8) is 0 Å². The molecule has 0 atom stereocenters. The first-order chi connectivity index (χ1) is 13.6. The van der Waals surface area contributed by atoms with Gasteiger partial charge in [0.05, 0.1) is 11.2 Å². The van der Waals surface area contributed by atoms with Gasteiger partial charge in [0.2, 0.25) is 0 Å². The fourth-order valence-corrected chi connectivity index (χ4v) is 3.34. The van der Waals surface area contributed by atoms with Crippen LogP contribution >= 0.6 is 0 Å². The van der Waals surface area contributed by atoms with E-state index in [4.69, 9.17) is 0 Å². The standard InChI is InChI=1S/C23H19N3O2/c1-15-14-18(16-8-4-3-5-9-16)21(26(15)2)22(27)23(28)25-20-12-6-11-19-17(20)10-7-13-24-19/h3-14H,1-2H3,(H,25,28). The van der Waals surface area contributed by atoms with Gasteiger partial charge in [-0.2, -0.15) is 0 Å². The van der Waals surface area contributed by atoms with E-state index >= 15 is 0 Å². The zero-order valence-corrected chi connectivity index (χ0v) is 15.6. The van der Waals surface area contributed by atoms with Gasteiger partial charge in [-0.1, -0.05) is 36.4 Å². The maximum atomic E-state index is 13.1. The third kappa shape index (κ3) is 3.07. The van der Waals surface area contributed by atoms with E-state index in [0.29, 0.717) is 11.4 Å². The number of pyridine rings is 1. The summed E-state index contributed by atoms with van der Waals surface area (Å²) in [5.41, 5.74) is 4.25. The van der Waals surface area contributed by atoms with Crippen LogP contribution in [-0.4, -0.2) is 21.2 Å². The molecule has 5 heteroatoms. The Kier molecular flexibility index (Phi) is 4.49. The number of aromatic nitrogens is 2. The third-order valence-corrected chi connectivity index (χ3v) is 4.87. The number of nitrogens with one attached hydrogen (secondary N) is 1. The lowest BCUT2D eigenvalue weighted by Gasteiger charge is -2.10. The Bertz CT molecular complexity index is 1190.